The lowest BCUT2D eigenvalue weighted by Crippen LogP contribution is -2.13. The molecule has 5 nitrogen and oxygen atoms in total. The van der Waals surface area contributed by atoms with Gasteiger partial charge in [-0.1, -0.05) is 47.5 Å². The minimum Gasteiger partial charge on any atom is -0.340 e. The highest BCUT2D eigenvalue weighted by molar-refractivity contribution is 6.31. The molecule has 0 atom stereocenters. The summed E-state index contributed by atoms with van der Waals surface area (Å²) in [5.74, 6) is 2.38. The normalized spacial score (nSPS) is 13.4. The molecule has 0 aliphatic heterocycles. The molecule has 1 aliphatic carbocycles. The van der Waals surface area contributed by atoms with Gasteiger partial charge in [-0.15, -0.1) is 5.10 Å². The molecule has 0 bridgehead atoms. The van der Waals surface area contributed by atoms with Gasteiger partial charge in [0.15, 0.2) is 5.82 Å². The highest BCUT2D eigenvalue weighted by atomic mass is 35.5. The van der Waals surface area contributed by atoms with E-state index >= 15 is 0 Å². The van der Waals surface area contributed by atoms with Crippen molar-refractivity contribution in [2.45, 2.75) is 46.0 Å². The second kappa shape index (κ2) is 7.73. The summed E-state index contributed by atoms with van der Waals surface area (Å²) in [6, 6.07) is 14.5. The molecule has 6 heteroatoms. The number of aryl methyl sites for hydroxylation is 3. The van der Waals surface area contributed by atoms with E-state index in [1.54, 1.807) is 0 Å². The maximum absolute atomic E-state index is 6.36. The van der Waals surface area contributed by atoms with Crippen LogP contribution in [0, 0.1) is 13.8 Å². The van der Waals surface area contributed by atoms with Crippen LogP contribution < -0.4 is 5.32 Å². The van der Waals surface area contributed by atoms with Crippen LogP contribution in [-0.4, -0.2) is 19.6 Å². The Morgan fingerprint density at radius 3 is 2.60 bits per heavy atom. The Kier molecular flexibility index (Phi) is 4.91. The van der Waals surface area contributed by atoms with Gasteiger partial charge in [-0.05, 0) is 62.8 Å². The first kappa shape index (κ1) is 19.1. The third kappa shape index (κ3) is 3.65. The fraction of sp³-hybridized carbons (Fsp3) is 0.292. The molecule has 0 fully saturated rings. The lowest BCUT2D eigenvalue weighted by atomic mass is 9.96. The molecule has 0 saturated carbocycles. The predicted octanol–water partition coefficient (Wildman–Crippen LogP) is 5.61. The zero-order valence-corrected chi connectivity index (χ0v) is 18.0. The van der Waals surface area contributed by atoms with E-state index < -0.39 is 0 Å². The van der Waals surface area contributed by atoms with Crippen LogP contribution in [0.2, 0.25) is 5.02 Å². The van der Waals surface area contributed by atoms with Crippen LogP contribution >= 0.6 is 11.6 Å². The summed E-state index contributed by atoms with van der Waals surface area (Å²) in [4.78, 5) is 9.60. The van der Waals surface area contributed by atoms with Gasteiger partial charge in [0.25, 0.3) is 5.78 Å². The Bertz CT molecular complexity index is 1230. The summed E-state index contributed by atoms with van der Waals surface area (Å²) >= 11 is 6.36. The number of rotatable bonds is 4. The summed E-state index contributed by atoms with van der Waals surface area (Å²) in [7, 11) is 0. The van der Waals surface area contributed by atoms with Gasteiger partial charge in [-0.2, -0.15) is 9.50 Å². The summed E-state index contributed by atoms with van der Waals surface area (Å²) in [5.41, 5.74) is 6.81. The Balaban J connectivity index is 1.58. The molecule has 2 heterocycles. The van der Waals surface area contributed by atoms with Gasteiger partial charge in [0.1, 0.15) is 5.82 Å². The molecule has 1 aliphatic rings. The van der Waals surface area contributed by atoms with Crippen LogP contribution in [0.3, 0.4) is 0 Å². The van der Waals surface area contributed by atoms with Gasteiger partial charge in [0, 0.05) is 22.7 Å². The van der Waals surface area contributed by atoms with E-state index in [4.69, 9.17) is 26.7 Å². The lowest BCUT2D eigenvalue weighted by molar-refractivity contribution is 0.662. The van der Waals surface area contributed by atoms with Crippen LogP contribution in [0.25, 0.3) is 5.78 Å². The van der Waals surface area contributed by atoms with Crippen LogP contribution in [0.1, 0.15) is 46.6 Å². The first-order chi connectivity index (χ1) is 14.6. The van der Waals surface area contributed by atoms with Crippen LogP contribution in [0.15, 0.2) is 42.5 Å². The summed E-state index contributed by atoms with van der Waals surface area (Å²) in [6.07, 6.45) is 4.98. The van der Waals surface area contributed by atoms with E-state index in [1.807, 2.05) is 29.6 Å². The molecular weight excluding hydrogens is 394 g/mol. The van der Waals surface area contributed by atoms with E-state index in [0.717, 1.165) is 59.3 Å². The van der Waals surface area contributed by atoms with Crippen LogP contribution in [-0.2, 0) is 19.3 Å². The third-order valence-electron chi connectivity index (χ3n) is 5.72. The second-order valence-electron chi connectivity index (χ2n) is 8.08. The molecule has 0 radical (unpaired) electrons. The monoisotopic (exact) mass is 417 g/mol. The fourth-order valence-corrected chi connectivity index (χ4v) is 4.16. The average molecular weight is 418 g/mol. The van der Waals surface area contributed by atoms with Gasteiger partial charge in [0.2, 0.25) is 0 Å². The van der Waals surface area contributed by atoms with E-state index in [0.29, 0.717) is 12.2 Å². The highest BCUT2D eigenvalue weighted by Crippen LogP contribution is 2.31. The third-order valence-corrected chi connectivity index (χ3v) is 6.13. The maximum atomic E-state index is 6.36. The predicted molar refractivity (Wildman–Crippen MR) is 121 cm³/mol. The van der Waals surface area contributed by atoms with Crippen molar-refractivity contribution in [2.24, 2.45) is 0 Å². The van der Waals surface area contributed by atoms with Crippen molar-refractivity contribution in [1.29, 1.82) is 0 Å². The first-order valence-electron chi connectivity index (χ1n) is 10.4. The molecule has 0 unspecified atom stereocenters. The number of hydrogen-bond acceptors (Lipinski definition) is 4. The molecule has 0 saturated heterocycles. The van der Waals surface area contributed by atoms with Crippen LogP contribution in [0.5, 0.6) is 0 Å². The van der Waals surface area contributed by atoms with Crippen molar-refractivity contribution in [1.82, 2.24) is 19.6 Å². The lowest BCUT2D eigenvalue weighted by Gasteiger charge is -2.20. The summed E-state index contributed by atoms with van der Waals surface area (Å²) in [6.45, 7) is 4.10. The molecule has 5 rings (SSSR count). The van der Waals surface area contributed by atoms with E-state index in [2.05, 4.69) is 36.5 Å². The SMILES string of the molecule is Cc1ccc(Cc2nc3nc4c(c(Nc5ccc(C)c(Cl)c5)n3n2)CCCC4)cc1. The molecule has 0 amide bonds. The summed E-state index contributed by atoms with van der Waals surface area (Å²) < 4.78 is 1.86. The average Bonchev–Trinajstić information content (AvgIpc) is 3.14. The standard InChI is InChI=1S/C24H24ClN5/c1-15-7-10-17(11-8-15)13-22-28-24-27-21-6-4-3-5-19(21)23(30(24)29-22)26-18-12-9-16(2)20(25)14-18/h7-12,14,26H,3-6,13H2,1-2H3. The smallest absolute Gasteiger partial charge is 0.254 e. The molecule has 0 spiro atoms. The molecule has 30 heavy (non-hydrogen) atoms. The van der Waals surface area contributed by atoms with Gasteiger partial charge in [-0.3, -0.25) is 0 Å². The molecule has 152 valence electrons. The molecule has 2 aromatic heterocycles. The minimum atomic E-state index is 0.651. The Morgan fingerprint density at radius 1 is 1.00 bits per heavy atom. The van der Waals surface area contributed by atoms with Gasteiger partial charge < -0.3 is 5.32 Å². The minimum absolute atomic E-state index is 0.651. The van der Waals surface area contributed by atoms with Crippen molar-refractivity contribution in [3.05, 3.63) is 81.3 Å². The Morgan fingerprint density at radius 2 is 1.80 bits per heavy atom. The zero-order chi connectivity index (χ0) is 20.7. The molecular formula is C24H24ClN5. The van der Waals surface area contributed by atoms with Gasteiger partial charge >= 0.3 is 0 Å². The van der Waals surface area contributed by atoms with Crippen molar-refractivity contribution in [3.63, 3.8) is 0 Å². The highest BCUT2D eigenvalue weighted by Gasteiger charge is 2.21. The number of benzene rings is 2. The number of nitrogens with one attached hydrogen (secondary N) is 1. The first-order valence-corrected chi connectivity index (χ1v) is 10.8. The Labute approximate surface area is 181 Å². The van der Waals surface area contributed by atoms with Crippen molar-refractivity contribution >= 4 is 28.9 Å². The largest absolute Gasteiger partial charge is 0.340 e. The second-order valence-corrected chi connectivity index (χ2v) is 8.49. The number of aromatic nitrogens is 4. The Hall–Kier alpha value is -2.92. The number of fused-ring (bicyclic) bond motifs is 2. The molecule has 1 N–H and O–H groups in total. The number of hydrogen-bond donors (Lipinski definition) is 1. The number of anilines is 2. The van der Waals surface area contributed by atoms with Gasteiger partial charge in [0.05, 0.1) is 5.69 Å². The van der Waals surface area contributed by atoms with E-state index in [1.165, 1.54) is 16.7 Å². The topological polar surface area (TPSA) is 55.1 Å². The quantitative estimate of drug-likeness (QED) is 0.469. The van der Waals surface area contributed by atoms with E-state index in [-0.39, 0.29) is 0 Å². The maximum Gasteiger partial charge on any atom is 0.254 e. The number of halogens is 1. The molecule has 2 aromatic carbocycles. The summed E-state index contributed by atoms with van der Waals surface area (Å²) in [5, 5.41) is 9.13. The fourth-order valence-electron chi connectivity index (χ4n) is 3.98. The van der Waals surface area contributed by atoms with Crippen LogP contribution in [0.4, 0.5) is 11.5 Å². The van der Waals surface area contributed by atoms with Gasteiger partial charge in [-0.25, -0.2) is 4.98 Å². The van der Waals surface area contributed by atoms with Crippen molar-refractivity contribution in [3.8, 4) is 0 Å². The van der Waals surface area contributed by atoms with Crippen molar-refractivity contribution in [2.75, 3.05) is 5.32 Å². The van der Waals surface area contributed by atoms with E-state index in [9.17, 15) is 0 Å². The van der Waals surface area contributed by atoms with Crippen molar-refractivity contribution < 1.29 is 0 Å². The molecule has 4 aromatic rings. The zero-order valence-electron chi connectivity index (χ0n) is 17.2. The number of nitrogens with zero attached hydrogens (tertiary/aromatic N) is 4.